The number of thiocarbonyl (C=S) groups is 1. The Morgan fingerprint density at radius 1 is 1.10 bits per heavy atom. The maximum atomic E-state index is 6.04. The van der Waals surface area contributed by atoms with E-state index in [-0.39, 0.29) is 0 Å². The maximum absolute atomic E-state index is 6.04. The third-order valence-corrected chi connectivity index (χ3v) is 3.17. The number of rotatable bonds is 3. The van der Waals surface area contributed by atoms with Crippen molar-refractivity contribution in [2.24, 2.45) is 0 Å². The van der Waals surface area contributed by atoms with Crippen LogP contribution in [0.1, 0.15) is 5.56 Å². The molecule has 2 rings (SSSR count). The Morgan fingerprint density at radius 2 is 1.85 bits per heavy atom. The van der Waals surface area contributed by atoms with Crippen LogP contribution in [0.5, 0.6) is 0 Å². The SMILES string of the molecule is S=C(N[NH+]=Cc1ccc(Cl)cc1Cl)Nc1ccccc1. The van der Waals surface area contributed by atoms with E-state index >= 15 is 0 Å². The first-order valence-electron chi connectivity index (χ1n) is 5.81. The first-order chi connectivity index (χ1) is 9.65. The van der Waals surface area contributed by atoms with E-state index < -0.39 is 0 Å². The third-order valence-electron chi connectivity index (χ3n) is 2.41. The van der Waals surface area contributed by atoms with Crippen LogP contribution in [0, 0.1) is 0 Å². The van der Waals surface area contributed by atoms with Crippen LogP contribution in [-0.4, -0.2) is 11.3 Å². The van der Waals surface area contributed by atoms with E-state index in [1.165, 1.54) is 0 Å². The van der Waals surface area contributed by atoms with E-state index in [9.17, 15) is 0 Å². The second-order valence-electron chi connectivity index (χ2n) is 3.90. The summed E-state index contributed by atoms with van der Waals surface area (Å²) in [7, 11) is 0. The molecule has 0 saturated carbocycles. The number of hydrogen-bond donors (Lipinski definition) is 3. The van der Waals surface area contributed by atoms with E-state index in [0.717, 1.165) is 11.3 Å². The van der Waals surface area contributed by atoms with Gasteiger partial charge in [0, 0.05) is 10.7 Å². The average Bonchev–Trinajstić information content (AvgIpc) is 2.42. The monoisotopic (exact) mass is 324 g/mol. The number of para-hydroxylation sites is 1. The number of benzene rings is 2. The molecule has 0 unspecified atom stereocenters. The highest BCUT2D eigenvalue weighted by Crippen LogP contribution is 2.18. The summed E-state index contributed by atoms with van der Waals surface area (Å²) in [6.45, 7) is 0. The van der Waals surface area contributed by atoms with Crippen molar-refractivity contribution in [3.8, 4) is 0 Å². The van der Waals surface area contributed by atoms with E-state index in [1.54, 1.807) is 18.3 Å². The number of halogens is 2. The molecule has 0 atom stereocenters. The fourth-order valence-corrected chi connectivity index (χ4v) is 2.12. The van der Waals surface area contributed by atoms with Crippen molar-refractivity contribution < 1.29 is 5.10 Å². The second kappa shape index (κ2) is 7.24. The lowest BCUT2D eigenvalue weighted by Crippen LogP contribution is -2.82. The molecule has 0 spiro atoms. The number of hydrazine groups is 1. The molecule has 0 radical (unpaired) electrons. The molecule has 3 N–H and O–H groups in total. The van der Waals surface area contributed by atoms with Crippen molar-refractivity contribution in [2.75, 3.05) is 5.32 Å². The zero-order valence-corrected chi connectivity index (χ0v) is 12.7. The van der Waals surface area contributed by atoms with Crippen molar-refractivity contribution in [3.63, 3.8) is 0 Å². The topological polar surface area (TPSA) is 38.0 Å². The highest BCUT2D eigenvalue weighted by atomic mass is 35.5. The van der Waals surface area contributed by atoms with Gasteiger partial charge in [0.25, 0.3) is 0 Å². The summed E-state index contributed by atoms with van der Waals surface area (Å²) in [5, 5.41) is 7.53. The van der Waals surface area contributed by atoms with Gasteiger partial charge in [0.05, 0.1) is 10.6 Å². The van der Waals surface area contributed by atoms with Crippen LogP contribution >= 0.6 is 35.4 Å². The van der Waals surface area contributed by atoms with Crippen LogP contribution < -0.4 is 15.8 Å². The van der Waals surface area contributed by atoms with Gasteiger partial charge in [-0.05, 0) is 42.5 Å². The van der Waals surface area contributed by atoms with Gasteiger partial charge >= 0.3 is 0 Å². The number of hydrogen-bond acceptors (Lipinski definition) is 1. The zero-order chi connectivity index (χ0) is 14.4. The van der Waals surface area contributed by atoms with Crippen LogP contribution in [0.15, 0.2) is 48.5 Å². The van der Waals surface area contributed by atoms with E-state index in [4.69, 9.17) is 35.4 Å². The summed E-state index contributed by atoms with van der Waals surface area (Å²) >= 11 is 17.0. The molecule has 102 valence electrons. The quantitative estimate of drug-likeness (QED) is 0.461. The lowest BCUT2D eigenvalue weighted by atomic mass is 10.2. The third kappa shape index (κ3) is 4.49. The van der Waals surface area contributed by atoms with Gasteiger partial charge in [-0.15, -0.1) is 10.5 Å². The summed E-state index contributed by atoms with van der Waals surface area (Å²) in [5.74, 6) is 0. The van der Waals surface area contributed by atoms with Crippen LogP contribution in [0.25, 0.3) is 0 Å². The molecule has 0 saturated heterocycles. The molecule has 0 fully saturated rings. The Labute approximate surface area is 132 Å². The van der Waals surface area contributed by atoms with Gasteiger partial charge in [-0.25, -0.2) is 0 Å². The molecule has 0 bridgehead atoms. The minimum Gasteiger partial charge on any atom is -0.328 e. The van der Waals surface area contributed by atoms with E-state index in [2.05, 4.69) is 15.8 Å². The normalized spacial score (nSPS) is 10.5. The summed E-state index contributed by atoms with van der Waals surface area (Å²) in [5.41, 5.74) is 4.57. The standard InChI is InChI=1S/C14H11Cl2N3S/c15-11-7-6-10(13(16)8-11)9-17-19-14(20)18-12-4-2-1-3-5-12/h1-9H,(H2,18,19,20)/p+1. The lowest BCUT2D eigenvalue weighted by molar-refractivity contribution is -0.499. The fraction of sp³-hybridized carbons (Fsp3) is 0. The van der Waals surface area contributed by atoms with Crippen molar-refractivity contribution in [3.05, 3.63) is 64.1 Å². The molecule has 2 aromatic rings. The molecule has 0 amide bonds. The molecule has 0 aromatic heterocycles. The Hall–Kier alpha value is -1.62. The van der Waals surface area contributed by atoms with Gasteiger partial charge in [0.15, 0.2) is 6.21 Å². The highest BCUT2D eigenvalue weighted by molar-refractivity contribution is 7.80. The largest absolute Gasteiger partial charge is 0.328 e. The van der Waals surface area contributed by atoms with Gasteiger partial charge in [-0.3, -0.25) is 0 Å². The van der Waals surface area contributed by atoms with Crippen molar-refractivity contribution >= 4 is 52.4 Å². The van der Waals surface area contributed by atoms with E-state index in [0.29, 0.717) is 15.2 Å². The number of anilines is 1. The number of hydrazone groups is 1. The van der Waals surface area contributed by atoms with Crippen LogP contribution in [0.4, 0.5) is 5.69 Å². The van der Waals surface area contributed by atoms with Crippen molar-refractivity contribution in [1.29, 1.82) is 0 Å². The summed E-state index contributed by atoms with van der Waals surface area (Å²) in [6.07, 6.45) is 1.71. The van der Waals surface area contributed by atoms with Crippen molar-refractivity contribution in [2.45, 2.75) is 0 Å². The van der Waals surface area contributed by atoms with Crippen molar-refractivity contribution in [1.82, 2.24) is 5.43 Å². The summed E-state index contributed by atoms with van der Waals surface area (Å²) < 4.78 is 0. The Bertz CT molecular complexity index is 630. The first kappa shape index (κ1) is 14.8. The Kier molecular flexibility index (Phi) is 5.35. The predicted molar refractivity (Wildman–Crippen MR) is 88.4 cm³/mol. The van der Waals surface area contributed by atoms with E-state index in [1.807, 2.05) is 36.4 Å². The maximum Gasteiger partial charge on any atom is 0.228 e. The van der Waals surface area contributed by atoms with Gasteiger partial charge in [0.2, 0.25) is 5.11 Å². The molecular formula is C14H12Cl2N3S+. The second-order valence-corrected chi connectivity index (χ2v) is 5.15. The van der Waals surface area contributed by atoms with Gasteiger partial charge in [0.1, 0.15) is 0 Å². The Morgan fingerprint density at radius 3 is 2.55 bits per heavy atom. The molecule has 6 heteroatoms. The molecule has 2 aromatic carbocycles. The van der Waals surface area contributed by atoms with Gasteiger partial charge < -0.3 is 5.32 Å². The summed E-state index contributed by atoms with van der Waals surface area (Å²) in [6, 6.07) is 14.9. The number of nitrogens with one attached hydrogen (secondary N) is 3. The lowest BCUT2D eigenvalue weighted by Gasteiger charge is -2.03. The Balaban J connectivity index is 1.91. The molecule has 0 aliphatic rings. The smallest absolute Gasteiger partial charge is 0.228 e. The molecule has 3 nitrogen and oxygen atoms in total. The average molecular weight is 325 g/mol. The van der Waals surface area contributed by atoms with Crippen LogP contribution in [0.2, 0.25) is 10.0 Å². The zero-order valence-electron chi connectivity index (χ0n) is 10.4. The first-order valence-corrected chi connectivity index (χ1v) is 6.97. The molecule has 20 heavy (non-hydrogen) atoms. The molecule has 0 aliphatic carbocycles. The minimum atomic E-state index is 0.456. The molecular weight excluding hydrogens is 313 g/mol. The highest BCUT2D eigenvalue weighted by Gasteiger charge is 2.02. The molecule has 0 aliphatic heterocycles. The van der Waals surface area contributed by atoms with Gasteiger partial charge in [-0.2, -0.15) is 0 Å². The molecule has 0 heterocycles. The minimum absolute atomic E-state index is 0.456. The summed E-state index contributed by atoms with van der Waals surface area (Å²) in [4.78, 5) is 0. The van der Waals surface area contributed by atoms with Crippen LogP contribution in [0.3, 0.4) is 0 Å². The predicted octanol–water partition coefficient (Wildman–Crippen LogP) is 2.39. The van der Waals surface area contributed by atoms with Gasteiger partial charge in [-0.1, -0.05) is 41.4 Å². The fourth-order valence-electron chi connectivity index (χ4n) is 1.48. The van der Waals surface area contributed by atoms with Crippen LogP contribution in [-0.2, 0) is 0 Å².